The maximum absolute atomic E-state index is 12.2. The Morgan fingerprint density at radius 3 is 2.29 bits per heavy atom. The van der Waals surface area contributed by atoms with Gasteiger partial charge in [0, 0.05) is 28.4 Å². The first-order valence-electron chi connectivity index (χ1n) is 8.59. The molecule has 0 fully saturated rings. The lowest BCUT2D eigenvalue weighted by Crippen LogP contribution is -2.30. The highest BCUT2D eigenvalue weighted by Gasteiger charge is 2.24. The molecule has 1 heterocycles. The van der Waals surface area contributed by atoms with Gasteiger partial charge in [-0.2, -0.15) is 0 Å². The van der Waals surface area contributed by atoms with Crippen molar-refractivity contribution in [2.45, 2.75) is 6.92 Å². The summed E-state index contributed by atoms with van der Waals surface area (Å²) in [4.78, 5) is 41.0. The standard InChI is InChI=1S/C18H14ClN7O5/c1-10-8-12(19)4-7-14(10)22-16-15(26(30)31)17(21-9-20-16)23-24-18(27)11-2-5-13(6-3-11)25(28)29/h2-9H,1H3,(H,24,27)(H2,20,21,22,23). The lowest BCUT2D eigenvalue weighted by atomic mass is 10.2. The Kier molecular flexibility index (Phi) is 6.21. The number of aryl methyl sites for hydroxylation is 1. The quantitative estimate of drug-likeness (QED) is 0.364. The molecule has 0 spiro atoms. The van der Waals surface area contributed by atoms with Crippen LogP contribution in [-0.2, 0) is 0 Å². The number of hydrogen-bond donors (Lipinski definition) is 3. The largest absolute Gasteiger partial charge is 0.355 e. The van der Waals surface area contributed by atoms with Crippen molar-refractivity contribution in [1.82, 2.24) is 15.4 Å². The Morgan fingerprint density at radius 2 is 1.68 bits per heavy atom. The number of hydrogen-bond acceptors (Lipinski definition) is 9. The molecule has 0 saturated heterocycles. The molecule has 0 aliphatic carbocycles. The third-order valence-electron chi connectivity index (χ3n) is 4.08. The topological polar surface area (TPSA) is 165 Å². The number of nitro benzene ring substituents is 1. The van der Waals surface area contributed by atoms with E-state index in [1.54, 1.807) is 25.1 Å². The average Bonchev–Trinajstić information content (AvgIpc) is 2.74. The van der Waals surface area contributed by atoms with Crippen LogP contribution in [0.2, 0.25) is 5.02 Å². The summed E-state index contributed by atoms with van der Waals surface area (Å²) in [5, 5.41) is 25.7. The van der Waals surface area contributed by atoms with Gasteiger partial charge in [0.1, 0.15) is 6.33 Å². The summed E-state index contributed by atoms with van der Waals surface area (Å²) in [6, 6.07) is 9.78. The molecule has 3 N–H and O–H groups in total. The molecule has 13 heteroatoms. The average molecular weight is 444 g/mol. The molecule has 1 amide bonds. The molecule has 0 aliphatic heterocycles. The van der Waals surface area contributed by atoms with Crippen LogP contribution in [0.4, 0.5) is 28.7 Å². The van der Waals surface area contributed by atoms with E-state index >= 15 is 0 Å². The fourth-order valence-corrected chi connectivity index (χ4v) is 2.78. The van der Waals surface area contributed by atoms with Crippen molar-refractivity contribution in [2.24, 2.45) is 0 Å². The molecule has 1 aromatic heterocycles. The zero-order valence-corrected chi connectivity index (χ0v) is 16.6. The van der Waals surface area contributed by atoms with Crippen LogP contribution >= 0.6 is 11.6 Å². The normalized spacial score (nSPS) is 10.3. The third-order valence-corrected chi connectivity index (χ3v) is 4.32. The molecule has 0 unspecified atom stereocenters. The lowest BCUT2D eigenvalue weighted by Gasteiger charge is -2.12. The van der Waals surface area contributed by atoms with Crippen molar-refractivity contribution >= 4 is 46.2 Å². The summed E-state index contributed by atoms with van der Waals surface area (Å²) in [6.07, 6.45) is 1.08. The second kappa shape index (κ2) is 9.00. The third kappa shape index (κ3) is 5.00. The van der Waals surface area contributed by atoms with Crippen LogP contribution < -0.4 is 16.2 Å². The summed E-state index contributed by atoms with van der Waals surface area (Å²) in [5.41, 5.74) is 5.37. The molecular formula is C18H14ClN7O5. The van der Waals surface area contributed by atoms with Gasteiger partial charge in [0.2, 0.25) is 11.6 Å². The lowest BCUT2D eigenvalue weighted by molar-refractivity contribution is -0.384. The summed E-state index contributed by atoms with van der Waals surface area (Å²) in [5.74, 6) is -1.03. The molecule has 0 bridgehead atoms. The van der Waals surface area contributed by atoms with E-state index in [2.05, 4.69) is 26.1 Å². The predicted octanol–water partition coefficient (Wildman–Crippen LogP) is 3.76. The first-order chi connectivity index (χ1) is 14.8. The van der Waals surface area contributed by atoms with E-state index in [1.807, 2.05) is 0 Å². The van der Waals surface area contributed by atoms with Crippen LogP contribution in [0.25, 0.3) is 0 Å². The van der Waals surface area contributed by atoms with Crippen molar-refractivity contribution in [3.63, 3.8) is 0 Å². The van der Waals surface area contributed by atoms with Crippen LogP contribution in [-0.4, -0.2) is 25.7 Å². The predicted molar refractivity (Wildman–Crippen MR) is 112 cm³/mol. The van der Waals surface area contributed by atoms with Gasteiger partial charge in [-0.3, -0.25) is 35.9 Å². The van der Waals surface area contributed by atoms with Gasteiger partial charge in [0.05, 0.1) is 9.85 Å². The van der Waals surface area contributed by atoms with Crippen LogP contribution in [0.3, 0.4) is 0 Å². The Balaban J connectivity index is 1.81. The minimum atomic E-state index is -0.700. The van der Waals surface area contributed by atoms with E-state index in [0.717, 1.165) is 11.9 Å². The van der Waals surface area contributed by atoms with Crippen molar-refractivity contribution in [3.05, 3.63) is 85.2 Å². The van der Waals surface area contributed by atoms with Gasteiger partial charge in [0.25, 0.3) is 11.6 Å². The molecular weight excluding hydrogens is 430 g/mol. The number of benzene rings is 2. The molecule has 2 aromatic carbocycles. The number of nitro groups is 2. The molecule has 3 rings (SSSR count). The van der Waals surface area contributed by atoms with Gasteiger partial charge in [-0.05, 0) is 42.8 Å². The molecule has 0 aliphatic rings. The molecule has 0 radical (unpaired) electrons. The fraction of sp³-hybridized carbons (Fsp3) is 0.0556. The highest BCUT2D eigenvalue weighted by molar-refractivity contribution is 6.30. The van der Waals surface area contributed by atoms with Gasteiger partial charge >= 0.3 is 5.69 Å². The van der Waals surface area contributed by atoms with Crippen molar-refractivity contribution in [3.8, 4) is 0 Å². The van der Waals surface area contributed by atoms with Gasteiger partial charge < -0.3 is 5.32 Å². The molecule has 12 nitrogen and oxygen atoms in total. The Labute approximate surface area is 179 Å². The zero-order valence-electron chi connectivity index (χ0n) is 15.8. The minimum Gasteiger partial charge on any atom is -0.334 e. The van der Waals surface area contributed by atoms with Crippen LogP contribution in [0, 0.1) is 27.2 Å². The number of hydrazine groups is 1. The second-order valence-electron chi connectivity index (χ2n) is 6.14. The first-order valence-corrected chi connectivity index (χ1v) is 8.97. The number of halogens is 1. The minimum absolute atomic E-state index is 0.0995. The van der Waals surface area contributed by atoms with Gasteiger partial charge in [-0.1, -0.05) is 11.6 Å². The highest BCUT2D eigenvalue weighted by Crippen LogP contribution is 2.32. The number of carbonyl (C=O) groups excluding carboxylic acids is 1. The van der Waals surface area contributed by atoms with E-state index in [1.165, 1.54) is 24.3 Å². The smallest absolute Gasteiger partial charge is 0.334 e. The monoisotopic (exact) mass is 443 g/mol. The Bertz CT molecular complexity index is 1170. The summed E-state index contributed by atoms with van der Waals surface area (Å²) in [6.45, 7) is 1.77. The first kappa shape index (κ1) is 21.4. The number of nitrogens with one attached hydrogen (secondary N) is 3. The molecule has 158 valence electrons. The number of non-ortho nitro benzene ring substituents is 1. The number of aromatic nitrogens is 2. The summed E-state index contributed by atoms with van der Waals surface area (Å²) in [7, 11) is 0. The van der Waals surface area contributed by atoms with E-state index in [9.17, 15) is 25.0 Å². The van der Waals surface area contributed by atoms with E-state index in [0.29, 0.717) is 10.7 Å². The van der Waals surface area contributed by atoms with E-state index in [-0.39, 0.29) is 22.9 Å². The Hall–Kier alpha value is -4.32. The van der Waals surface area contributed by atoms with Crippen molar-refractivity contribution in [1.29, 1.82) is 0 Å². The molecule has 31 heavy (non-hydrogen) atoms. The maximum Gasteiger partial charge on any atom is 0.355 e. The summed E-state index contributed by atoms with van der Waals surface area (Å²) >= 11 is 5.93. The van der Waals surface area contributed by atoms with Crippen LogP contribution in [0.1, 0.15) is 15.9 Å². The van der Waals surface area contributed by atoms with Crippen molar-refractivity contribution in [2.75, 3.05) is 10.7 Å². The van der Waals surface area contributed by atoms with Gasteiger partial charge in [0.15, 0.2) is 0 Å². The SMILES string of the molecule is Cc1cc(Cl)ccc1Nc1ncnc(NNC(=O)c2ccc([N+](=O)[O-])cc2)c1[N+](=O)[O-]. The van der Waals surface area contributed by atoms with Gasteiger partial charge in [-0.25, -0.2) is 9.97 Å². The number of nitrogens with zero attached hydrogens (tertiary/aromatic N) is 4. The molecule has 0 saturated carbocycles. The maximum atomic E-state index is 12.2. The van der Waals surface area contributed by atoms with Gasteiger partial charge in [-0.15, -0.1) is 0 Å². The fourth-order valence-electron chi connectivity index (χ4n) is 2.55. The van der Waals surface area contributed by atoms with E-state index in [4.69, 9.17) is 11.6 Å². The molecule has 3 aromatic rings. The number of carbonyl (C=O) groups is 1. The second-order valence-corrected chi connectivity index (χ2v) is 6.58. The number of amides is 1. The van der Waals surface area contributed by atoms with Crippen molar-refractivity contribution < 1.29 is 14.6 Å². The van der Waals surface area contributed by atoms with E-state index < -0.39 is 21.4 Å². The number of rotatable bonds is 7. The zero-order chi connectivity index (χ0) is 22.5. The molecule has 0 atom stereocenters. The summed E-state index contributed by atoms with van der Waals surface area (Å²) < 4.78 is 0. The number of anilines is 3. The highest BCUT2D eigenvalue weighted by atomic mass is 35.5. The Morgan fingerprint density at radius 1 is 1.00 bits per heavy atom. The van der Waals surface area contributed by atoms with Crippen LogP contribution in [0.5, 0.6) is 0 Å². The van der Waals surface area contributed by atoms with Crippen LogP contribution in [0.15, 0.2) is 48.8 Å².